The second-order valence-electron chi connectivity index (χ2n) is 8.45. The van der Waals surface area contributed by atoms with Gasteiger partial charge in [0.25, 0.3) is 5.91 Å². The molecule has 1 atom stereocenters. The molecule has 2 rings (SSSR count). The van der Waals surface area contributed by atoms with Crippen molar-refractivity contribution in [3.63, 3.8) is 0 Å². The minimum Gasteiger partial charge on any atom is -0.497 e. The van der Waals surface area contributed by atoms with E-state index < -0.39 is 20.5 Å². The summed E-state index contributed by atoms with van der Waals surface area (Å²) in [6.45, 7) is 8.49. The summed E-state index contributed by atoms with van der Waals surface area (Å²) in [5.41, 5.74) is 2.33. The first-order chi connectivity index (χ1) is 15.1. The number of carbonyl (C=O) groups is 1. The van der Waals surface area contributed by atoms with Crippen molar-refractivity contribution in [3.05, 3.63) is 60.2 Å². The molecule has 8 heteroatoms. The Bertz CT molecular complexity index is 967. The number of hydrogen-bond acceptors (Lipinski definition) is 6. The molecule has 0 saturated heterocycles. The molecule has 0 saturated carbocycles. The van der Waals surface area contributed by atoms with E-state index in [9.17, 15) is 18.4 Å². The van der Waals surface area contributed by atoms with Crippen LogP contribution in [-0.2, 0) is 21.1 Å². The molecular weight excluding hydrogens is 428 g/mol. The van der Waals surface area contributed by atoms with Crippen LogP contribution in [0.25, 0.3) is 0 Å². The van der Waals surface area contributed by atoms with Gasteiger partial charge in [-0.05, 0) is 63.9 Å². The molecule has 0 aromatic heterocycles. The van der Waals surface area contributed by atoms with Gasteiger partial charge in [0.05, 0.1) is 12.0 Å². The molecule has 176 valence electrons. The lowest BCUT2D eigenvalue weighted by molar-refractivity contribution is -0.132. The van der Waals surface area contributed by atoms with Crippen LogP contribution >= 0.6 is 0 Å². The van der Waals surface area contributed by atoms with Crippen molar-refractivity contribution < 1.29 is 23.2 Å². The van der Waals surface area contributed by atoms with Crippen molar-refractivity contribution in [1.82, 2.24) is 10.4 Å². The molecule has 2 N–H and O–H groups in total. The summed E-state index contributed by atoms with van der Waals surface area (Å²) in [7, 11) is -2.70. The number of ether oxygens (including phenoxy) is 1. The third-order valence-corrected chi connectivity index (χ3v) is 8.29. The van der Waals surface area contributed by atoms with E-state index in [0.717, 1.165) is 0 Å². The third-order valence-electron chi connectivity index (χ3n) is 5.83. The van der Waals surface area contributed by atoms with Crippen LogP contribution in [-0.4, -0.2) is 54.9 Å². The van der Waals surface area contributed by atoms with Crippen LogP contribution in [0.1, 0.15) is 39.7 Å². The molecule has 0 radical (unpaired) electrons. The van der Waals surface area contributed by atoms with Gasteiger partial charge in [0.1, 0.15) is 5.75 Å². The summed E-state index contributed by atoms with van der Waals surface area (Å²) in [6, 6.07) is 15.3. The predicted octanol–water partition coefficient (Wildman–Crippen LogP) is 3.46. The maximum Gasteiger partial charge on any atom is 0.265 e. The first kappa shape index (κ1) is 25.8. The van der Waals surface area contributed by atoms with Crippen LogP contribution in [0.3, 0.4) is 0 Å². The van der Waals surface area contributed by atoms with Crippen molar-refractivity contribution >= 4 is 15.7 Å². The number of nitrogens with zero attached hydrogens (tertiary/aromatic N) is 1. The first-order valence-corrected chi connectivity index (χ1v) is 12.2. The van der Waals surface area contributed by atoms with E-state index in [2.05, 4.69) is 4.90 Å². The topological polar surface area (TPSA) is 95.9 Å². The van der Waals surface area contributed by atoms with Gasteiger partial charge in [-0.15, -0.1) is 0 Å². The Kier molecular flexibility index (Phi) is 8.83. The summed E-state index contributed by atoms with van der Waals surface area (Å²) >= 11 is 0. The van der Waals surface area contributed by atoms with Crippen molar-refractivity contribution in [1.29, 1.82) is 0 Å². The van der Waals surface area contributed by atoms with Crippen LogP contribution in [0, 0.1) is 0 Å². The number of hydroxylamine groups is 1. The van der Waals surface area contributed by atoms with Crippen LogP contribution in [0.2, 0.25) is 0 Å². The standard InChI is InChI=1S/C24H34N2O5S/c1-18(2)26(19(3)4)16-15-24(23(27)25-28,17-20-9-7-6-8-10-20)32(29,30)22-13-11-21(31-5)12-14-22/h6-14,18-19,28H,15-17H2,1-5H3,(H,25,27). The van der Waals surface area contributed by atoms with Crippen molar-refractivity contribution in [2.24, 2.45) is 0 Å². The van der Waals surface area contributed by atoms with Gasteiger partial charge in [0.2, 0.25) is 0 Å². The van der Waals surface area contributed by atoms with Gasteiger partial charge in [-0.25, -0.2) is 13.9 Å². The molecule has 0 aliphatic rings. The maximum atomic E-state index is 14.0. The smallest absolute Gasteiger partial charge is 0.265 e. The van der Waals surface area contributed by atoms with Crippen molar-refractivity contribution in [2.45, 2.75) is 62.3 Å². The Balaban J connectivity index is 2.64. The SMILES string of the molecule is COc1ccc(S(=O)(=O)C(CCN(C(C)C)C(C)C)(Cc2ccccc2)C(=O)NO)cc1. The molecule has 2 aromatic carbocycles. The van der Waals surface area contributed by atoms with Gasteiger partial charge >= 0.3 is 0 Å². The van der Waals surface area contributed by atoms with Gasteiger partial charge in [0.15, 0.2) is 14.6 Å². The number of nitrogens with one attached hydrogen (secondary N) is 1. The van der Waals surface area contributed by atoms with E-state index >= 15 is 0 Å². The molecule has 0 fully saturated rings. The fraction of sp³-hybridized carbons (Fsp3) is 0.458. The van der Waals surface area contributed by atoms with Crippen molar-refractivity contribution in [3.8, 4) is 5.75 Å². The summed E-state index contributed by atoms with van der Waals surface area (Å²) in [5, 5.41) is 9.63. The average Bonchev–Trinajstić information content (AvgIpc) is 2.77. The quantitative estimate of drug-likeness (QED) is 0.392. The van der Waals surface area contributed by atoms with Crippen molar-refractivity contribution in [2.75, 3.05) is 13.7 Å². The maximum absolute atomic E-state index is 14.0. The van der Waals surface area contributed by atoms with E-state index in [4.69, 9.17) is 4.74 Å². The zero-order chi connectivity index (χ0) is 23.9. The normalized spacial score (nSPS) is 13.9. The van der Waals surface area contributed by atoms with Crippen LogP contribution in [0.5, 0.6) is 5.75 Å². The van der Waals surface area contributed by atoms with E-state index in [-0.39, 0.29) is 29.8 Å². The highest BCUT2D eigenvalue weighted by atomic mass is 32.2. The number of rotatable bonds is 11. The zero-order valence-electron chi connectivity index (χ0n) is 19.4. The largest absolute Gasteiger partial charge is 0.497 e. The van der Waals surface area contributed by atoms with Crippen LogP contribution < -0.4 is 10.2 Å². The number of sulfone groups is 1. The predicted molar refractivity (Wildman–Crippen MR) is 125 cm³/mol. The van der Waals surface area contributed by atoms with Crippen LogP contribution in [0.4, 0.5) is 0 Å². The van der Waals surface area contributed by atoms with Gasteiger partial charge < -0.3 is 4.74 Å². The number of methoxy groups -OCH3 is 1. The van der Waals surface area contributed by atoms with Gasteiger partial charge in [-0.1, -0.05) is 30.3 Å². The molecule has 2 aromatic rings. The molecule has 1 amide bonds. The molecule has 0 aliphatic carbocycles. The van der Waals surface area contributed by atoms with E-state index in [1.54, 1.807) is 41.9 Å². The number of carbonyl (C=O) groups excluding carboxylic acids is 1. The summed E-state index contributed by atoms with van der Waals surface area (Å²) in [6.07, 6.45) is -0.0579. The monoisotopic (exact) mass is 462 g/mol. The number of benzene rings is 2. The Morgan fingerprint density at radius 1 is 1.03 bits per heavy atom. The highest BCUT2D eigenvalue weighted by molar-refractivity contribution is 7.93. The van der Waals surface area contributed by atoms with E-state index in [1.807, 2.05) is 33.8 Å². The first-order valence-electron chi connectivity index (χ1n) is 10.7. The molecular formula is C24H34N2O5S. The van der Waals surface area contributed by atoms with Gasteiger partial charge in [-0.2, -0.15) is 0 Å². The minimum absolute atomic E-state index is 0.00141. The lowest BCUT2D eigenvalue weighted by atomic mass is 9.93. The molecule has 7 nitrogen and oxygen atoms in total. The molecule has 0 spiro atoms. The molecule has 32 heavy (non-hydrogen) atoms. The minimum atomic E-state index is -4.20. The summed E-state index contributed by atoms with van der Waals surface area (Å²) in [4.78, 5) is 15.3. The summed E-state index contributed by atoms with van der Waals surface area (Å²) in [5.74, 6) is -0.431. The highest BCUT2D eigenvalue weighted by Gasteiger charge is 2.51. The Hall–Kier alpha value is -2.42. The highest BCUT2D eigenvalue weighted by Crippen LogP contribution is 2.34. The molecule has 0 bridgehead atoms. The van der Waals surface area contributed by atoms with Gasteiger partial charge in [-0.3, -0.25) is 14.9 Å². The molecule has 0 heterocycles. The molecule has 0 aliphatic heterocycles. The Morgan fingerprint density at radius 3 is 2.06 bits per heavy atom. The second kappa shape index (κ2) is 10.9. The second-order valence-corrected chi connectivity index (χ2v) is 10.7. The van der Waals surface area contributed by atoms with E-state index in [0.29, 0.717) is 17.9 Å². The fourth-order valence-corrected chi connectivity index (χ4v) is 6.02. The fourth-order valence-electron chi connectivity index (χ4n) is 4.06. The number of amides is 1. The summed E-state index contributed by atoms with van der Waals surface area (Å²) < 4.78 is 31.2. The van der Waals surface area contributed by atoms with Crippen LogP contribution in [0.15, 0.2) is 59.5 Å². The lowest BCUT2D eigenvalue weighted by Gasteiger charge is -2.36. The molecule has 1 unspecified atom stereocenters. The lowest BCUT2D eigenvalue weighted by Crippen LogP contribution is -2.55. The Morgan fingerprint density at radius 2 is 1.59 bits per heavy atom. The average molecular weight is 463 g/mol. The number of hydrogen-bond donors (Lipinski definition) is 2. The zero-order valence-corrected chi connectivity index (χ0v) is 20.2. The van der Waals surface area contributed by atoms with Gasteiger partial charge in [0, 0.05) is 25.0 Å². The third kappa shape index (κ3) is 5.49. The Labute approximate surface area is 191 Å². The van der Waals surface area contributed by atoms with E-state index in [1.165, 1.54) is 19.2 Å².